The number of nitro benzene ring substituents is 1. The lowest BCUT2D eigenvalue weighted by Gasteiger charge is -2.06. The second-order valence-electron chi connectivity index (χ2n) is 5.27. The minimum atomic E-state index is -0.470. The predicted octanol–water partition coefficient (Wildman–Crippen LogP) is 3.71. The zero-order valence-electron chi connectivity index (χ0n) is 13.0. The largest absolute Gasteiger partial charge is 0.461 e. The third kappa shape index (κ3) is 2.91. The number of fused-ring (bicyclic) bond motifs is 1. The van der Waals surface area contributed by atoms with Gasteiger partial charge >= 0.3 is 0 Å². The van der Waals surface area contributed by atoms with Crippen LogP contribution in [-0.4, -0.2) is 20.9 Å². The Labute approximate surface area is 136 Å². The topological polar surface area (TPSA) is 99.1 Å². The van der Waals surface area contributed by atoms with E-state index >= 15 is 0 Å². The summed E-state index contributed by atoms with van der Waals surface area (Å²) in [5.74, 6) is 1.07. The molecule has 0 spiro atoms. The van der Waals surface area contributed by atoms with Crippen molar-refractivity contribution >= 4 is 28.4 Å². The van der Waals surface area contributed by atoms with Crippen molar-refractivity contribution in [2.45, 2.75) is 13.8 Å². The van der Waals surface area contributed by atoms with Gasteiger partial charge in [0.2, 0.25) is 0 Å². The first-order valence-electron chi connectivity index (χ1n) is 7.16. The first-order valence-corrected chi connectivity index (χ1v) is 7.16. The number of aryl methyl sites for hydroxylation is 1. The molecule has 0 N–H and O–H groups in total. The summed E-state index contributed by atoms with van der Waals surface area (Å²) in [6.45, 7) is 3.22. The van der Waals surface area contributed by atoms with E-state index in [1.165, 1.54) is 37.3 Å². The molecule has 0 saturated heterocycles. The normalized spacial score (nSPS) is 11.2. The molecule has 0 aliphatic rings. The monoisotopic (exact) mass is 323 g/mol. The van der Waals surface area contributed by atoms with Gasteiger partial charge in [0.1, 0.15) is 11.5 Å². The van der Waals surface area contributed by atoms with Crippen LogP contribution in [0.25, 0.3) is 28.3 Å². The molecule has 2 heterocycles. The molecule has 0 amide bonds. The van der Waals surface area contributed by atoms with Crippen molar-refractivity contribution in [1.82, 2.24) is 10.2 Å². The highest BCUT2D eigenvalue weighted by Gasteiger charge is 2.17. The molecule has 3 aromatic rings. The van der Waals surface area contributed by atoms with E-state index in [-0.39, 0.29) is 11.5 Å². The molecule has 0 bridgehead atoms. The third-order valence-electron chi connectivity index (χ3n) is 3.44. The average Bonchev–Trinajstić information content (AvgIpc) is 2.97. The number of ketones is 1. The van der Waals surface area contributed by atoms with Gasteiger partial charge in [-0.05, 0) is 44.2 Å². The summed E-state index contributed by atoms with van der Waals surface area (Å²) in [6.07, 6.45) is 2.90. The molecular weight excluding hydrogens is 310 g/mol. The number of allylic oxidation sites excluding steroid dienone is 1. The first-order chi connectivity index (χ1) is 11.5. The van der Waals surface area contributed by atoms with E-state index in [0.717, 1.165) is 0 Å². The minimum Gasteiger partial charge on any atom is -0.461 e. The molecule has 7 heteroatoms. The number of aromatic nitrogens is 2. The molecule has 0 aliphatic heterocycles. The van der Waals surface area contributed by atoms with Crippen LogP contribution < -0.4 is 0 Å². The zero-order valence-corrected chi connectivity index (χ0v) is 13.0. The van der Waals surface area contributed by atoms with Crippen LogP contribution in [0.4, 0.5) is 5.69 Å². The SMILES string of the molecule is CC(=O)/C=C/c1nnc2ccc([N+](=O)[O-])cc2c1-c1ccc(C)o1. The van der Waals surface area contributed by atoms with Gasteiger partial charge in [0.15, 0.2) is 5.78 Å². The lowest BCUT2D eigenvalue weighted by Crippen LogP contribution is -1.96. The number of benzene rings is 1. The summed E-state index contributed by atoms with van der Waals surface area (Å²) in [5, 5.41) is 19.8. The smallest absolute Gasteiger partial charge is 0.270 e. The van der Waals surface area contributed by atoms with Crippen LogP contribution in [0.1, 0.15) is 18.4 Å². The lowest BCUT2D eigenvalue weighted by atomic mass is 10.0. The Kier molecular flexibility index (Phi) is 3.91. The number of non-ortho nitro benzene ring substituents is 1. The number of carbonyl (C=O) groups is 1. The van der Waals surface area contributed by atoms with E-state index in [2.05, 4.69) is 10.2 Å². The molecule has 0 atom stereocenters. The van der Waals surface area contributed by atoms with Crippen molar-refractivity contribution in [3.63, 3.8) is 0 Å². The van der Waals surface area contributed by atoms with E-state index in [0.29, 0.717) is 33.7 Å². The maximum absolute atomic E-state index is 11.2. The van der Waals surface area contributed by atoms with E-state index in [1.807, 2.05) is 0 Å². The number of hydrogen-bond acceptors (Lipinski definition) is 6. The van der Waals surface area contributed by atoms with Crippen LogP contribution in [0, 0.1) is 17.0 Å². The van der Waals surface area contributed by atoms with Crippen molar-refractivity contribution in [1.29, 1.82) is 0 Å². The van der Waals surface area contributed by atoms with Crippen LogP contribution in [0.15, 0.2) is 40.8 Å². The maximum Gasteiger partial charge on any atom is 0.270 e. The first kappa shape index (κ1) is 15.5. The summed E-state index contributed by atoms with van der Waals surface area (Å²) in [7, 11) is 0. The van der Waals surface area contributed by atoms with Crippen LogP contribution in [0.5, 0.6) is 0 Å². The van der Waals surface area contributed by atoms with E-state index < -0.39 is 4.92 Å². The van der Waals surface area contributed by atoms with E-state index in [1.54, 1.807) is 19.1 Å². The average molecular weight is 323 g/mol. The molecule has 24 heavy (non-hydrogen) atoms. The van der Waals surface area contributed by atoms with Gasteiger partial charge in [0, 0.05) is 17.5 Å². The van der Waals surface area contributed by atoms with Gasteiger partial charge in [-0.2, -0.15) is 0 Å². The fraction of sp³-hybridized carbons (Fsp3) is 0.118. The van der Waals surface area contributed by atoms with Crippen molar-refractivity contribution in [3.05, 3.63) is 58.0 Å². The quantitative estimate of drug-likeness (QED) is 0.412. The molecule has 1 aromatic carbocycles. The summed E-state index contributed by atoms with van der Waals surface area (Å²) in [6, 6.07) is 7.90. The standard InChI is InChI=1S/C17H13N3O4/c1-10(21)3-6-15-17(16-8-4-11(2)24-16)13-9-12(20(22)23)5-7-14(13)18-19-15/h3-9H,1-2H3/b6-3+. The highest BCUT2D eigenvalue weighted by molar-refractivity contribution is 5.99. The fourth-order valence-electron chi connectivity index (χ4n) is 2.36. The van der Waals surface area contributed by atoms with Gasteiger partial charge in [-0.25, -0.2) is 0 Å². The summed E-state index contributed by atoms with van der Waals surface area (Å²) in [5.41, 5.74) is 1.42. The summed E-state index contributed by atoms with van der Waals surface area (Å²) in [4.78, 5) is 21.8. The van der Waals surface area contributed by atoms with Gasteiger partial charge < -0.3 is 4.42 Å². The van der Waals surface area contributed by atoms with Crippen LogP contribution >= 0.6 is 0 Å². The number of furan rings is 1. The number of carbonyl (C=O) groups excluding carboxylic acids is 1. The zero-order chi connectivity index (χ0) is 17.3. The molecule has 3 rings (SSSR count). The Bertz CT molecular complexity index is 989. The lowest BCUT2D eigenvalue weighted by molar-refractivity contribution is -0.384. The van der Waals surface area contributed by atoms with E-state index in [9.17, 15) is 14.9 Å². The number of nitro groups is 1. The number of hydrogen-bond donors (Lipinski definition) is 0. The Hall–Kier alpha value is -3.35. The van der Waals surface area contributed by atoms with Crippen molar-refractivity contribution in [2.24, 2.45) is 0 Å². The molecule has 120 valence electrons. The van der Waals surface area contributed by atoms with Crippen molar-refractivity contribution in [3.8, 4) is 11.3 Å². The molecule has 0 unspecified atom stereocenters. The van der Waals surface area contributed by atoms with Crippen molar-refractivity contribution < 1.29 is 14.1 Å². The number of rotatable bonds is 4. The Morgan fingerprint density at radius 2 is 2.04 bits per heavy atom. The van der Waals surface area contributed by atoms with Gasteiger partial charge in [-0.1, -0.05) is 0 Å². The molecule has 0 radical (unpaired) electrons. The molecular formula is C17H13N3O4. The molecule has 0 saturated carbocycles. The second kappa shape index (κ2) is 6.04. The van der Waals surface area contributed by atoms with Gasteiger partial charge in [-0.15, -0.1) is 10.2 Å². The van der Waals surface area contributed by atoms with Crippen LogP contribution in [-0.2, 0) is 4.79 Å². The fourth-order valence-corrected chi connectivity index (χ4v) is 2.36. The summed E-state index contributed by atoms with van der Waals surface area (Å²) < 4.78 is 5.67. The minimum absolute atomic E-state index is 0.0541. The van der Waals surface area contributed by atoms with Crippen LogP contribution in [0.3, 0.4) is 0 Å². The highest BCUT2D eigenvalue weighted by atomic mass is 16.6. The summed E-state index contributed by atoms with van der Waals surface area (Å²) >= 11 is 0. The molecule has 7 nitrogen and oxygen atoms in total. The third-order valence-corrected chi connectivity index (χ3v) is 3.44. The predicted molar refractivity (Wildman–Crippen MR) is 88.3 cm³/mol. The Morgan fingerprint density at radius 3 is 2.67 bits per heavy atom. The van der Waals surface area contributed by atoms with Gasteiger partial charge in [-0.3, -0.25) is 14.9 Å². The molecule has 0 aliphatic carbocycles. The highest BCUT2D eigenvalue weighted by Crippen LogP contribution is 2.33. The van der Waals surface area contributed by atoms with Crippen LogP contribution in [0.2, 0.25) is 0 Å². The Morgan fingerprint density at radius 1 is 1.25 bits per heavy atom. The molecule has 2 aromatic heterocycles. The second-order valence-corrected chi connectivity index (χ2v) is 5.27. The molecule has 0 fully saturated rings. The Balaban J connectivity index is 2.34. The number of nitrogens with zero attached hydrogens (tertiary/aromatic N) is 3. The van der Waals surface area contributed by atoms with Crippen molar-refractivity contribution in [2.75, 3.05) is 0 Å². The maximum atomic E-state index is 11.2. The van der Waals surface area contributed by atoms with E-state index in [4.69, 9.17) is 4.42 Å². The van der Waals surface area contributed by atoms with Gasteiger partial charge in [0.05, 0.1) is 21.7 Å². The van der Waals surface area contributed by atoms with Gasteiger partial charge in [0.25, 0.3) is 5.69 Å².